The van der Waals surface area contributed by atoms with E-state index in [0.717, 1.165) is 14.7 Å². The van der Waals surface area contributed by atoms with E-state index in [-0.39, 0.29) is 12.5 Å². The zero-order valence-electron chi connectivity index (χ0n) is 14.5. The number of carbonyl (C=O) groups excluding carboxylic acids is 1. The first-order chi connectivity index (χ1) is 13.0. The number of aromatic nitrogens is 4. The number of halogens is 2. The molecule has 0 aliphatic carbocycles. The predicted molar refractivity (Wildman–Crippen MR) is 108 cm³/mol. The maximum atomic E-state index is 12.3. The van der Waals surface area contributed by atoms with Crippen LogP contribution in [0.4, 0.5) is 0 Å². The van der Waals surface area contributed by atoms with Gasteiger partial charge in [-0.2, -0.15) is 0 Å². The number of nitrogens with zero attached hydrogens (tertiary/aromatic N) is 5. The van der Waals surface area contributed by atoms with Crippen molar-refractivity contribution in [1.29, 1.82) is 0 Å². The van der Waals surface area contributed by atoms with Crippen LogP contribution in [0.5, 0.6) is 5.75 Å². The lowest BCUT2D eigenvalue weighted by atomic mass is 10.3. The molecule has 0 saturated carbocycles. The largest absolute Gasteiger partial charge is 0.492 e. The molecular weight excluding hydrogens is 478 g/mol. The van der Waals surface area contributed by atoms with Crippen LogP contribution in [0.1, 0.15) is 0 Å². The minimum Gasteiger partial charge on any atom is -0.492 e. The molecule has 3 rings (SSSR count). The summed E-state index contributed by atoms with van der Waals surface area (Å²) in [6.45, 7) is 0.998. The summed E-state index contributed by atoms with van der Waals surface area (Å²) in [6, 6.07) is 11.3. The molecule has 2 heterocycles. The molecule has 27 heavy (non-hydrogen) atoms. The molecule has 0 unspecified atom stereocenters. The van der Waals surface area contributed by atoms with E-state index in [1.807, 2.05) is 36.4 Å². The highest BCUT2D eigenvalue weighted by molar-refractivity contribution is 9.10. The first kappa shape index (κ1) is 19.5. The third-order valence-corrected chi connectivity index (χ3v) is 4.76. The number of benzene rings is 1. The molecule has 2 aromatic heterocycles. The standard InChI is InChI=1S/C18H17Br2N5O2/c1-24(8-9-27-15-5-2-13(19)3-6-15)18(26)12-25-11-17(22-23-25)16-7-4-14(20)10-21-16/h2-7,10-11H,8-9,12H2,1H3. The number of hydrogen-bond acceptors (Lipinski definition) is 5. The van der Waals surface area contributed by atoms with Gasteiger partial charge in [0, 0.05) is 22.2 Å². The lowest BCUT2D eigenvalue weighted by Crippen LogP contribution is -2.33. The van der Waals surface area contributed by atoms with Crippen molar-refractivity contribution in [1.82, 2.24) is 24.9 Å². The third kappa shape index (κ3) is 5.61. The molecule has 0 atom stereocenters. The van der Waals surface area contributed by atoms with Gasteiger partial charge in [0.15, 0.2) is 0 Å². The van der Waals surface area contributed by atoms with Crippen molar-refractivity contribution in [3.05, 3.63) is 57.7 Å². The Morgan fingerprint density at radius 1 is 1.11 bits per heavy atom. The van der Waals surface area contributed by atoms with E-state index < -0.39 is 0 Å². The molecule has 0 bridgehead atoms. The fourth-order valence-corrected chi connectivity index (χ4v) is 2.73. The van der Waals surface area contributed by atoms with Crippen LogP contribution in [0.15, 0.2) is 57.7 Å². The third-order valence-electron chi connectivity index (χ3n) is 3.76. The van der Waals surface area contributed by atoms with Gasteiger partial charge in [-0.15, -0.1) is 5.10 Å². The normalized spacial score (nSPS) is 10.6. The van der Waals surface area contributed by atoms with Crippen molar-refractivity contribution < 1.29 is 9.53 Å². The smallest absolute Gasteiger partial charge is 0.244 e. The van der Waals surface area contributed by atoms with E-state index in [1.54, 1.807) is 24.3 Å². The maximum absolute atomic E-state index is 12.3. The van der Waals surface area contributed by atoms with E-state index in [1.165, 1.54) is 4.68 Å². The van der Waals surface area contributed by atoms with E-state index in [4.69, 9.17) is 4.74 Å². The maximum Gasteiger partial charge on any atom is 0.244 e. The highest BCUT2D eigenvalue weighted by Crippen LogP contribution is 2.17. The Morgan fingerprint density at radius 2 is 1.85 bits per heavy atom. The molecule has 0 aliphatic rings. The number of likely N-dealkylation sites (N-methyl/N-ethyl adjacent to an activating group) is 1. The second kappa shape index (κ2) is 9.09. The van der Waals surface area contributed by atoms with Crippen LogP contribution in [-0.4, -0.2) is 51.0 Å². The average molecular weight is 495 g/mol. The number of hydrogen-bond donors (Lipinski definition) is 0. The summed E-state index contributed by atoms with van der Waals surface area (Å²) in [6.07, 6.45) is 3.40. The number of pyridine rings is 1. The number of amides is 1. The predicted octanol–water partition coefficient (Wildman–Crippen LogP) is 3.40. The van der Waals surface area contributed by atoms with Crippen molar-refractivity contribution in [3.8, 4) is 17.1 Å². The summed E-state index contributed by atoms with van der Waals surface area (Å²) >= 11 is 6.72. The zero-order valence-corrected chi connectivity index (χ0v) is 17.7. The SMILES string of the molecule is CN(CCOc1ccc(Br)cc1)C(=O)Cn1cc(-c2ccc(Br)cn2)nn1. The zero-order chi connectivity index (χ0) is 19.2. The summed E-state index contributed by atoms with van der Waals surface area (Å²) in [5.41, 5.74) is 1.32. The molecule has 140 valence electrons. The highest BCUT2D eigenvalue weighted by Gasteiger charge is 2.12. The van der Waals surface area contributed by atoms with Crippen LogP contribution in [0, 0.1) is 0 Å². The van der Waals surface area contributed by atoms with Crippen LogP contribution >= 0.6 is 31.9 Å². The second-order valence-electron chi connectivity index (χ2n) is 5.78. The Bertz CT molecular complexity index is 897. The van der Waals surface area contributed by atoms with Crippen LogP contribution < -0.4 is 4.74 Å². The fraction of sp³-hybridized carbons (Fsp3) is 0.222. The van der Waals surface area contributed by atoms with E-state index in [9.17, 15) is 4.79 Å². The molecule has 0 fully saturated rings. The first-order valence-electron chi connectivity index (χ1n) is 8.15. The van der Waals surface area contributed by atoms with Gasteiger partial charge in [0.25, 0.3) is 0 Å². The van der Waals surface area contributed by atoms with Crippen LogP contribution in [0.25, 0.3) is 11.4 Å². The minimum absolute atomic E-state index is 0.0744. The molecule has 0 aliphatic heterocycles. The Morgan fingerprint density at radius 3 is 2.56 bits per heavy atom. The minimum atomic E-state index is -0.0744. The summed E-state index contributed by atoms with van der Waals surface area (Å²) < 4.78 is 9.03. The molecule has 0 N–H and O–H groups in total. The molecule has 1 amide bonds. The lowest BCUT2D eigenvalue weighted by Gasteiger charge is -2.17. The highest BCUT2D eigenvalue weighted by atomic mass is 79.9. The monoisotopic (exact) mass is 493 g/mol. The molecule has 0 spiro atoms. The molecule has 0 radical (unpaired) electrons. The van der Waals surface area contributed by atoms with Gasteiger partial charge in [-0.3, -0.25) is 9.78 Å². The Balaban J connectivity index is 1.49. The van der Waals surface area contributed by atoms with Gasteiger partial charge >= 0.3 is 0 Å². The summed E-state index contributed by atoms with van der Waals surface area (Å²) in [5.74, 6) is 0.691. The second-order valence-corrected chi connectivity index (χ2v) is 7.61. The Labute approximate surface area is 173 Å². The summed E-state index contributed by atoms with van der Waals surface area (Å²) in [7, 11) is 1.74. The molecule has 0 saturated heterocycles. The lowest BCUT2D eigenvalue weighted by molar-refractivity contribution is -0.131. The van der Waals surface area contributed by atoms with Gasteiger partial charge in [0.05, 0.1) is 18.4 Å². The average Bonchev–Trinajstić information content (AvgIpc) is 3.12. The topological polar surface area (TPSA) is 73.1 Å². The quantitative estimate of drug-likeness (QED) is 0.503. The van der Waals surface area contributed by atoms with Gasteiger partial charge < -0.3 is 9.64 Å². The fourth-order valence-electron chi connectivity index (χ4n) is 2.24. The molecule has 1 aromatic carbocycles. The van der Waals surface area contributed by atoms with Crippen LogP contribution in [0.2, 0.25) is 0 Å². The van der Waals surface area contributed by atoms with Crippen molar-refractivity contribution >= 4 is 37.8 Å². The van der Waals surface area contributed by atoms with Gasteiger partial charge in [-0.25, -0.2) is 4.68 Å². The van der Waals surface area contributed by atoms with Gasteiger partial charge in [0.1, 0.15) is 24.6 Å². The van der Waals surface area contributed by atoms with E-state index >= 15 is 0 Å². The van der Waals surface area contributed by atoms with Gasteiger partial charge in [-0.05, 0) is 52.3 Å². The number of carbonyl (C=O) groups is 1. The summed E-state index contributed by atoms with van der Waals surface area (Å²) in [4.78, 5) is 18.2. The Kier molecular flexibility index (Phi) is 6.57. The number of rotatable bonds is 7. The molecule has 9 heteroatoms. The molecule has 3 aromatic rings. The van der Waals surface area contributed by atoms with Crippen LogP contribution in [-0.2, 0) is 11.3 Å². The van der Waals surface area contributed by atoms with E-state index in [0.29, 0.717) is 24.5 Å². The van der Waals surface area contributed by atoms with Crippen LogP contribution in [0.3, 0.4) is 0 Å². The van der Waals surface area contributed by atoms with Crippen molar-refractivity contribution in [2.45, 2.75) is 6.54 Å². The molecule has 7 nitrogen and oxygen atoms in total. The molecular formula is C18H17Br2N5O2. The van der Waals surface area contributed by atoms with Gasteiger partial charge in [-0.1, -0.05) is 21.1 Å². The van der Waals surface area contributed by atoms with E-state index in [2.05, 4.69) is 47.2 Å². The Hall–Kier alpha value is -2.26. The first-order valence-corrected chi connectivity index (χ1v) is 9.74. The van der Waals surface area contributed by atoms with Crippen molar-refractivity contribution in [3.63, 3.8) is 0 Å². The van der Waals surface area contributed by atoms with Gasteiger partial charge in [0.2, 0.25) is 5.91 Å². The number of ether oxygens (including phenoxy) is 1. The summed E-state index contributed by atoms with van der Waals surface area (Å²) in [5, 5.41) is 8.08. The van der Waals surface area contributed by atoms with Crippen molar-refractivity contribution in [2.24, 2.45) is 0 Å². The van der Waals surface area contributed by atoms with Crippen molar-refractivity contribution in [2.75, 3.05) is 20.2 Å².